The average Bonchev–Trinajstić information content (AvgIpc) is 2.80. The second-order valence-corrected chi connectivity index (χ2v) is 9.80. The number of aliphatic hydroxyl groups excluding tert-OH is 7. The topological polar surface area (TPSA) is 179 Å². The molecule has 2 saturated heterocycles. The molecule has 11 heteroatoms. The lowest BCUT2D eigenvalue weighted by Crippen LogP contribution is -2.61. The van der Waals surface area contributed by atoms with Crippen LogP contribution in [0.4, 0.5) is 0 Å². The summed E-state index contributed by atoms with van der Waals surface area (Å²) in [5, 5.41) is 69.9. The molecule has 0 aromatic heterocycles. The molecule has 11 nitrogen and oxygen atoms in total. The summed E-state index contributed by atoms with van der Waals surface area (Å²) in [4.78, 5) is 0. The van der Waals surface area contributed by atoms with Crippen molar-refractivity contribution in [3.63, 3.8) is 0 Å². The van der Waals surface area contributed by atoms with Crippen molar-refractivity contribution >= 4 is 0 Å². The van der Waals surface area contributed by atoms with E-state index in [2.05, 4.69) is 20.8 Å². The minimum absolute atomic E-state index is 0.00349. The highest BCUT2D eigenvalue weighted by atomic mass is 16.7. The first-order chi connectivity index (χ1) is 15.9. The lowest BCUT2D eigenvalue weighted by Gasteiger charge is -2.42. The third-order valence-corrected chi connectivity index (χ3v) is 6.18. The zero-order valence-electron chi connectivity index (χ0n) is 19.5. The van der Waals surface area contributed by atoms with E-state index in [4.69, 9.17) is 18.9 Å². The largest absolute Gasteiger partial charge is 0.394 e. The van der Waals surface area contributed by atoms with Crippen LogP contribution in [0, 0.1) is 0 Å². The molecule has 7 N–H and O–H groups in total. The Hall–Kier alpha value is -1.22. The van der Waals surface area contributed by atoms with Gasteiger partial charge in [-0.25, -0.2) is 0 Å². The maximum Gasteiger partial charge on any atom is 0.187 e. The van der Waals surface area contributed by atoms with Crippen LogP contribution in [0.1, 0.15) is 31.9 Å². The van der Waals surface area contributed by atoms with E-state index in [1.807, 2.05) is 24.3 Å². The number of hydrogen-bond donors (Lipinski definition) is 7. The third-order valence-electron chi connectivity index (χ3n) is 6.18. The van der Waals surface area contributed by atoms with Gasteiger partial charge in [0.1, 0.15) is 48.8 Å². The van der Waals surface area contributed by atoms with Crippen LogP contribution in [0.2, 0.25) is 0 Å². The number of aliphatic hydroxyl groups is 7. The zero-order valence-corrected chi connectivity index (χ0v) is 19.5. The molecular weight excluding hydrogens is 452 g/mol. The second kappa shape index (κ2) is 11.2. The summed E-state index contributed by atoms with van der Waals surface area (Å²) in [6.45, 7) is 5.35. The highest BCUT2D eigenvalue weighted by molar-refractivity contribution is 5.27. The summed E-state index contributed by atoms with van der Waals surface area (Å²) in [5.41, 5.74) is 1.96. The van der Waals surface area contributed by atoms with Gasteiger partial charge >= 0.3 is 0 Å². The summed E-state index contributed by atoms with van der Waals surface area (Å²) in [5.74, 6) is 0. The van der Waals surface area contributed by atoms with Crippen molar-refractivity contribution in [2.75, 3.05) is 13.2 Å². The summed E-state index contributed by atoms with van der Waals surface area (Å²) in [6, 6.07) is 7.74. The molecule has 0 bridgehead atoms. The summed E-state index contributed by atoms with van der Waals surface area (Å²) >= 11 is 0. The van der Waals surface area contributed by atoms with E-state index in [9.17, 15) is 35.7 Å². The monoisotopic (exact) mass is 488 g/mol. The molecule has 0 radical (unpaired) electrons. The van der Waals surface area contributed by atoms with E-state index in [0.29, 0.717) is 0 Å². The van der Waals surface area contributed by atoms with Crippen molar-refractivity contribution in [2.24, 2.45) is 0 Å². The van der Waals surface area contributed by atoms with Gasteiger partial charge in [-0.15, -0.1) is 0 Å². The predicted octanol–water partition coefficient (Wildman–Crippen LogP) is -1.88. The van der Waals surface area contributed by atoms with Gasteiger partial charge in [0.05, 0.1) is 19.8 Å². The predicted molar refractivity (Wildman–Crippen MR) is 116 cm³/mol. The van der Waals surface area contributed by atoms with E-state index in [-0.39, 0.29) is 12.0 Å². The number of benzene rings is 1. The minimum Gasteiger partial charge on any atom is -0.394 e. The first kappa shape index (κ1) is 27.4. The lowest BCUT2D eigenvalue weighted by molar-refractivity contribution is -0.332. The van der Waals surface area contributed by atoms with E-state index >= 15 is 0 Å². The fourth-order valence-corrected chi connectivity index (χ4v) is 3.87. The SMILES string of the molecule is CC(C)(C)c1ccc(CO[C@@H]2O[C@H](CO[C@@H]3O[C@H](CO)[C@@H](O)[C@H](O)[C@H]3O)[C@@H](O)[C@H](O)[C@H]2O)cc1. The smallest absolute Gasteiger partial charge is 0.187 e. The molecular formula is C23H36O11. The Morgan fingerprint density at radius 2 is 1.21 bits per heavy atom. The van der Waals surface area contributed by atoms with Gasteiger partial charge in [0, 0.05) is 0 Å². The first-order valence-corrected chi connectivity index (χ1v) is 11.3. The average molecular weight is 489 g/mol. The van der Waals surface area contributed by atoms with Crippen LogP contribution in [-0.2, 0) is 31.0 Å². The van der Waals surface area contributed by atoms with Crippen LogP contribution in [0.15, 0.2) is 24.3 Å². The Morgan fingerprint density at radius 3 is 1.74 bits per heavy atom. The Morgan fingerprint density at radius 1 is 0.706 bits per heavy atom. The van der Waals surface area contributed by atoms with Crippen molar-refractivity contribution in [3.05, 3.63) is 35.4 Å². The minimum atomic E-state index is -1.63. The van der Waals surface area contributed by atoms with Crippen molar-refractivity contribution in [1.29, 1.82) is 0 Å². The molecule has 2 heterocycles. The molecule has 0 spiro atoms. The summed E-state index contributed by atoms with van der Waals surface area (Å²) in [6.07, 6.45) is -14.5. The Bertz CT molecular complexity index is 765. The van der Waals surface area contributed by atoms with Gasteiger partial charge in [-0.2, -0.15) is 0 Å². The van der Waals surface area contributed by atoms with Gasteiger partial charge in [-0.05, 0) is 16.5 Å². The Kier molecular flexibility index (Phi) is 9.04. The van der Waals surface area contributed by atoms with Gasteiger partial charge in [0.25, 0.3) is 0 Å². The fraction of sp³-hybridized carbons (Fsp3) is 0.739. The third kappa shape index (κ3) is 6.12. The normalized spacial score (nSPS) is 39.2. The number of ether oxygens (including phenoxy) is 4. The molecule has 0 saturated carbocycles. The van der Waals surface area contributed by atoms with E-state index < -0.39 is 74.6 Å². The van der Waals surface area contributed by atoms with Gasteiger partial charge in [0.15, 0.2) is 12.6 Å². The molecule has 1 aromatic carbocycles. The molecule has 2 fully saturated rings. The first-order valence-electron chi connectivity index (χ1n) is 11.3. The quantitative estimate of drug-likeness (QED) is 0.229. The van der Waals surface area contributed by atoms with Crippen molar-refractivity contribution in [1.82, 2.24) is 0 Å². The lowest BCUT2D eigenvalue weighted by atomic mass is 9.87. The molecule has 0 amide bonds. The Labute approximate surface area is 198 Å². The molecule has 3 rings (SSSR count). The van der Waals surface area contributed by atoms with Gasteiger partial charge < -0.3 is 54.7 Å². The molecule has 194 valence electrons. The van der Waals surface area contributed by atoms with Gasteiger partial charge in [-0.3, -0.25) is 0 Å². The van der Waals surface area contributed by atoms with Crippen LogP contribution < -0.4 is 0 Å². The molecule has 0 unspecified atom stereocenters. The second-order valence-electron chi connectivity index (χ2n) is 9.80. The van der Waals surface area contributed by atoms with Crippen LogP contribution >= 0.6 is 0 Å². The molecule has 34 heavy (non-hydrogen) atoms. The van der Waals surface area contributed by atoms with E-state index in [1.165, 1.54) is 0 Å². The molecule has 10 atom stereocenters. The van der Waals surface area contributed by atoms with Gasteiger partial charge in [0.2, 0.25) is 0 Å². The summed E-state index contributed by atoms with van der Waals surface area (Å²) in [7, 11) is 0. The summed E-state index contributed by atoms with van der Waals surface area (Å²) < 4.78 is 21.9. The molecule has 0 aliphatic carbocycles. The van der Waals surface area contributed by atoms with Gasteiger partial charge in [-0.1, -0.05) is 45.0 Å². The van der Waals surface area contributed by atoms with Crippen LogP contribution in [0.3, 0.4) is 0 Å². The zero-order chi connectivity index (χ0) is 25.2. The molecule has 2 aliphatic heterocycles. The number of rotatable bonds is 7. The fourth-order valence-electron chi connectivity index (χ4n) is 3.87. The maximum absolute atomic E-state index is 10.3. The highest BCUT2D eigenvalue weighted by Gasteiger charge is 2.47. The standard InChI is InChI=1S/C23H36O11/c1-23(2,3)12-6-4-11(5-7-12)9-31-21-20(30)18(28)16(26)14(34-21)10-32-22-19(29)17(27)15(25)13(8-24)33-22/h4-7,13-22,24-30H,8-10H2,1-3H3/t13-,14-,15-,16-,17+,18+,19-,20-,21-,22-/m1/s1. The van der Waals surface area contributed by atoms with Crippen LogP contribution in [0.25, 0.3) is 0 Å². The molecule has 1 aromatic rings. The van der Waals surface area contributed by atoms with Crippen molar-refractivity contribution < 1.29 is 54.7 Å². The van der Waals surface area contributed by atoms with Crippen molar-refractivity contribution in [3.8, 4) is 0 Å². The van der Waals surface area contributed by atoms with Crippen LogP contribution in [0.5, 0.6) is 0 Å². The number of hydrogen-bond acceptors (Lipinski definition) is 11. The van der Waals surface area contributed by atoms with E-state index in [0.717, 1.165) is 11.1 Å². The maximum atomic E-state index is 10.3. The van der Waals surface area contributed by atoms with Crippen LogP contribution in [-0.4, -0.2) is 110 Å². The highest BCUT2D eigenvalue weighted by Crippen LogP contribution is 2.27. The van der Waals surface area contributed by atoms with E-state index in [1.54, 1.807) is 0 Å². The Balaban J connectivity index is 1.59. The molecule has 2 aliphatic rings. The van der Waals surface area contributed by atoms with Crippen molar-refractivity contribution in [2.45, 2.75) is 94.2 Å².